The number of fused-ring (bicyclic) bond motifs is 1. The molecule has 2 heterocycles. The predicted molar refractivity (Wildman–Crippen MR) is 137 cm³/mol. The lowest BCUT2D eigenvalue weighted by molar-refractivity contribution is -0.139. The van der Waals surface area contributed by atoms with E-state index >= 15 is 0 Å². The number of benzene rings is 3. The molecule has 0 bridgehead atoms. The fourth-order valence-corrected chi connectivity index (χ4v) is 4.83. The predicted octanol–water partition coefficient (Wildman–Crippen LogP) is 4.99. The Kier molecular flexibility index (Phi) is 6.40. The summed E-state index contributed by atoms with van der Waals surface area (Å²) in [5, 5.41) is 12.2. The van der Waals surface area contributed by atoms with Gasteiger partial charge in [0.25, 0.3) is 11.7 Å². The highest BCUT2D eigenvalue weighted by Gasteiger charge is 2.47. The minimum Gasteiger partial charge on any atom is -0.507 e. The average Bonchev–Trinajstić information content (AvgIpc) is 3.45. The summed E-state index contributed by atoms with van der Waals surface area (Å²) in [4.78, 5) is 31.4. The molecule has 5 rings (SSSR count). The number of hydrogen-bond donors (Lipinski definition) is 2. The highest BCUT2D eigenvalue weighted by Crippen LogP contribution is 2.44. The second kappa shape index (κ2) is 9.81. The van der Waals surface area contributed by atoms with Gasteiger partial charge in [0.15, 0.2) is 0 Å². The van der Waals surface area contributed by atoms with Crippen molar-refractivity contribution in [2.45, 2.75) is 12.5 Å². The van der Waals surface area contributed by atoms with Crippen molar-refractivity contribution in [2.75, 3.05) is 20.8 Å². The summed E-state index contributed by atoms with van der Waals surface area (Å²) in [5.74, 6) is -1.51. The van der Waals surface area contributed by atoms with Crippen molar-refractivity contribution in [1.82, 2.24) is 9.88 Å². The Morgan fingerprint density at radius 1 is 1.03 bits per heavy atom. The van der Waals surface area contributed by atoms with Gasteiger partial charge >= 0.3 is 0 Å². The van der Waals surface area contributed by atoms with Gasteiger partial charge in [0.2, 0.25) is 0 Å². The standard InChI is InChI=1S/C29H25FN2O5/c1-36-20-11-12-24(37-2)22(15-20)26-25(27(33)17-7-9-19(30)10-8-17)28(34)29(35)32(26)14-13-18-16-31-23-6-4-3-5-21(18)23/h3-12,15-16,26,31,33H,13-14H2,1-2H3/t26-/m0/s1. The summed E-state index contributed by atoms with van der Waals surface area (Å²) in [6.45, 7) is 0.206. The molecule has 188 valence electrons. The van der Waals surface area contributed by atoms with Crippen molar-refractivity contribution in [3.63, 3.8) is 0 Å². The maximum Gasteiger partial charge on any atom is 0.295 e. The second-order valence-electron chi connectivity index (χ2n) is 8.72. The number of carbonyl (C=O) groups is 2. The first-order valence-electron chi connectivity index (χ1n) is 11.7. The van der Waals surface area contributed by atoms with Gasteiger partial charge in [-0.25, -0.2) is 4.39 Å². The molecule has 1 atom stereocenters. The van der Waals surface area contributed by atoms with E-state index in [1.807, 2.05) is 30.5 Å². The fraction of sp³-hybridized carbons (Fsp3) is 0.172. The largest absolute Gasteiger partial charge is 0.507 e. The van der Waals surface area contributed by atoms with E-state index in [2.05, 4.69) is 4.98 Å². The number of Topliss-reactive ketones (excluding diaryl/α,β-unsaturated/α-hetero) is 1. The van der Waals surface area contributed by atoms with Crippen molar-refractivity contribution >= 4 is 28.4 Å². The van der Waals surface area contributed by atoms with Crippen LogP contribution in [0.5, 0.6) is 11.5 Å². The number of ketones is 1. The molecule has 1 aromatic heterocycles. The number of aromatic nitrogens is 1. The molecular formula is C29H25FN2O5. The Morgan fingerprint density at radius 2 is 1.78 bits per heavy atom. The number of rotatable bonds is 7. The first-order chi connectivity index (χ1) is 17.9. The van der Waals surface area contributed by atoms with Crippen LogP contribution in [0.15, 0.2) is 78.5 Å². The molecule has 0 unspecified atom stereocenters. The van der Waals surface area contributed by atoms with E-state index in [1.54, 1.807) is 18.2 Å². The van der Waals surface area contributed by atoms with E-state index in [1.165, 1.54) is 43.4 Å². The summed E-state index contributed by atoms with van der Waals surface area (Å²) >= 11 is 0. The summed E-state index contributed by atoms with van der Waals surface area (Å²) < 4.78 is 24.5. The molecule has 4 aromatic rings. The molecule has 8 heteroatoms. The van der Waals surface area contributed by atoms with Crippen molar-refractivity contribution in [3.8, 4) is 11.5 Å². The van der Waals surface area contributed by atoms with Gasteiger partial charge in [0.1, 0.15) is 23.1 Å². The van der Waals surface area contributed by atoms with Gasteiger partial charge in [-0.3, -0.25) is 9.59 Å². The number of methoxy groups -OCH3 is 2. The van der Waals surface area contributed by atoms with Crippen LogP contribution in [0.4, 0.5) is 4.39 Å². The normalized spacial score (nSPS) is 16.9. The van der Waals surface area contributed by atoms with Crippen LogP contribution in [0.3, 0.4) is 0 Å². The second-order valence-corrected chi connectivity index (χ2v) is 8.72. The van der Waals surface area contributed by atoms with Crippen LogP contribution in [0.25, 0.3) is 16.7 Å². The van der Waals surface area contributed by atoms with Crippen molar-refractivity contribution in [1.29, 1.82) is 0 Å². The van der Waals surface area contributed by atoms with Crippen LogP contribution >= 0.6 is 0 Å². The van der Waals surface area contributed by atoms with Gasteiger partial charge < -0.3 is 24.5 Å². The summed E-state index contributed by atoms with van der Waals surface area (Å²) in [6, 6.07) is 17.1. The number of halogens is 1. The third-order valence-corrected chi connectivity index (χ3v) is 6.69. The van der Waals surface area contributed by atoms with Gasteiger partial charge in [0, 0.05) is 34.8 Å². The molecule has 1 fully saturated rings. The molecule has 1 amide bonds. The topological polar surface area (TPSA) is 91.9 Å². The van der Waals surface area contributed by atoms with E-state index in [0.717, 1.165) is 16.5 Å². The lowest BCUT2D eigenvalue weighted by atomic mass is 9.94. The van der Waals surface area contributed by atoms with Gasteiger partial charge in [0.05, 0.1) is 25.8 Å². The number of ether oxygens (including phenoxy) is 2. The number of nitrogens with one attached hydrogen (secondary N) is 1. The SMILES string of the molecule is COc1ccc(OC)c([C@H]2C(=C(O)c3ccc(F)cc3)C(=O)C(=O)N2CCc2c[nH]c3ccccc23)c1. The Morgan fingerprint density at radius 3 is 2.51 bits per heavy atom. The van der Waals surface area contributed by atoms with Gasteiger partial charge in [-0.2, -0.15) is 0 Å². The molecule has 1 aliphatic heterocycles. The lowest BCUT2D eigenvalue weighted by Gasteiger charge is -2.27. The van der Waals surface area contributed by atoms with E-state index in [0.29, 0.717) is 23.5 Å². The van der Waals surface area contributed by atoms with Crippen LogP contribution in [0.1, 0.15) is 22.7 Å². The highest BCUT2D eigenvalue weighted by atomic mass is 19.1. The molecule has 3 aromatic carbocycles. The van der Waals surface area contributed by atoms with E-state index in [4.69, 9.17) is 9.47 Å². The van der Waals surface area contributed by atoms with Gasteiger partial charge in [-0.15, -0.1) is 0 Å². The summed E-state index contributed by atoms with van der Waals surface area (Å²) in [5.41, 5.74) is 2.59. The Labute approximate surface area is 212 Å². The van der Waals surface area contributed by atoms with Crippen molar-refractivity contribution < 1.29 is 28.6 Å². The molecular weight excluding hydrogens is 475 g/mol. The quantitative estimate of drug-likeness (QED) is 0.212. The number of nitrogens with zero attached hydrogens (tertiary/aromatic N) is 1. The first-order valence-corrected chi connectivity index (χ1v) is 11.7. The summed E-state index contributed by atoms with van der Waals surface area (Å²) in [7, 11) is 3.00. The highest BCUT2D eigenvalue weighted by molar-refractivity contribution is 6.46. The van der Waals surface area contributed by atoms with Crippen LogP contribution in [-0.2, 0) is 16.0 Å². The lowest BCUT2D eigenvalue weighted by Crippen LogP contribution is -2.31. The van der Waals surface area contributed by atoms with E-state index in [9.17, 15) is 19.1 Å². The number of aliphatic hydroxyl groups excluding tert-OH is 1. The minimum atomic E-state index is -0.944. The fourth-order valence-electron chi connectivity index (χ4n) is 4.83. The molecule has 37 heavy (non-hydrogen) atoms. The zero-order chi connectivity index (χ0) is 26.1. The number of hydrogen-bond acceptors (Lipinski definition) is 5. The molecule has 0 spiro atoms. The molecule has 0 radical (unpaired) electrons. The van der Waals surface area contributed by atoms with Crippen LogP contribution in [0.2, 0.25) is 0 Å². The smallest absolute Gasteiger partial charge is 0.295 e. The van der Waals surface area contributed by atoms with E-state index < -0.39 is 23.5 Å². The third kappa shape index (κ3) is 4.31. The molecule has 0 aliphatic carbocycles. The van der Waals surface area contributed by atoms with Crippen LogP contribution < -0.4 is 9.47 Å². The minimum absolute atomic E-state index is 0.0953. The number of aromatic amines is 1. The Bertz CT molecular complexity index is 1520. The number of amides is 1. The third-order valence-electron chi connectivity index (χ3n) is 6.69. The number of H-pyrrole nitrogens is 1. The number of para-hydroxylation sites is 1. The van der Waals surface area contributed by atoms with Crippen LogP contribution in [-0.4, -0.2) is 47.4 Å². The zero-order valence-electron chi connectivity index (χ0n) is 20.3. The van der Waals surface area contributed by atoms with Crippen molar-refractivity contribution in [2.24, 2.45) is 0 Å². The van der Waals surface area contributed by atoms with Crippen LogP contribution in [0, 0.1) is 5.82 Å². The van der Waals surface area contributed by atoms with Crippen molar-refractivity contribution in [3.05, 3.63) is 101 Å². The monoisotopic (exact) mass is 500 g/mol. The number of aliphatic hydroxyl groups is 1. The molecule has 7 nitrogen and oxygen atoms in total. The van der Waals surface area contributed by atoms with Gasteiger partial charge in [-0.05, 0) is 60.5 Å². The molecule has 0 saturated carbocycles. The Hall–Kier alpha value is -4.59. The Balaban J connectivity index is 1.63. The van der Waals surface area contributed by atoms with E-state index in [-0.39, 0.29) is 23.4 Å². The zero-order valence-corrected chi connectivity index (χ0v) is 20.3. The average molecular weight is 501 g/mol. The molecule has 1 aliphatic rings. The first kappa shape index (κ1) is 24.1. The molecule has 1 saturated heterocycles. The maximum absolute atomic E-state index is 13.5. The number of likely N-dealkylation sites (tertiary alicyclic amines) is 1. The molecule has 2 N–H and O–H groups in total. The van der Waals surface area contributed by atoms with Gasteiger partial charge in [-0.1, -0.05) is 18.2 Å². The number of carbonyl (C=O) groups excluding carboxylic acids is 2. The summed E-state index contributed by atoms with van der Waals surface area (Å²) in [6.07, 6.45) is 2.36. The maximum atomic E-state index is 13.5.